The minimum absolute atomic E-state index is 0.194. The largest absolute Gasteiger partial charge is 0.452 e. The smallest absolute Gasteiger partial charge is 0.419 e. The van der Waals surface area contributed by atoms with Gasteiger partial charge < -0.3 is 14.8 Å². The average Bonchev–Trinajstić information content (AvgIpc) is 3.40. The van der Waals surface area contributed by atoms with Crippen molar-refractivity contribution in [3.63, 3.8) is 0 Å². The van der Waals surface area contributed by atoms with Crippen LogP contribution in [-0.2, 0) is 4.74 Å². The van der Waals surface area contributed by atoms with Crippen LogP contribution < -0.4 is 19.9 Å². The van der Waals surface area contributed by atoms with Gasteiger partial charge in [0.2, 0.25) is 0 Å². The Labute approximate surface area is 208 Å². The van der Waals surface area contributed by atoms with Gasteiger partial charge in [-0.15, -0.1) is 0 Å². The topological polar surface area (TPSA) is 88.9 Å². The Morgan fingerprint density at radius 1 is 1.03 bits per heavy atom. The first kappa shape index (κ1) is 23.8. The monoisotopic (exact) mass is 493 g/mol. The zero-order valence-electron chi connectivity index (χ0n) is 20.2. The van der Waals surface area contributed by atoms with Gasteiger partial charge in [0.1, 0.15) is 11.6 Å². The summed E-state index contributed by atoms with van der Waals surface area (Å²) in [4.78, 5) is 28.8. The highest BCUT2D eigenvalue weighted by atomic mass is 19.1. The molecule has 2 aromatic carbocycles. The molecule has 3 heterocycles. The van der Waals surface area contributed by atoms with Crippen molar-refractivity contribution in [2.45, 2.75) is 31.8 Å². The van der Waals surface area contributed by atoms with Gasteiger partial charge in [0.05, 0.1) is 43.3 Å². The summed E-state index contributed by atoms with van der Waals surface area (Å²) in [6.07, 6.45) is 4.72. The first-order valence-corrected chi connectivity index (χ1v) is 12.0. The van der Waals surface area contributed by atoms with Gasteiger partial charge >= 0.3 is 12.2 Å². The third kappa shape index (κ3) is 4.64. The van der Waals surface area contributed by atoms with Crippen molar-refractivity contribution in [2.24, 2.45) is 0 Å². The van der Waals surface area contributed by atoms with Crippen molar-refractivity contribution in [2.75, 3.05) is 36.5 Å². The Morgan fingerprint density at radius 2 is 1.78 bits per heavy atom. The maximum Gasteiger partial charge on any atom is 0.419 e. The number of nitrogens with one attached hydrogen (secondary N) is 1. The third-order valence-electron chi connectivity index (χ3n) is 6.64. The molecule has 36 heavy (non-hydrogen) atoms. The molecule has 0 aliphatic carbocycles. The molecule has 0 saturated carbocycles. The number of benzene rings is 2. The molecule has 3 aromatic rings. The zero-order chi connectivity index (χ0) is 25.2. The van der Waals surface area contributed by atoms with Gasteiger partial charge in [-0.2, -0.15) is 5.10 Å². The first-order chi connectivity index (χ1) is 17.4. The van der Waals surface area contributed by atoms with Crippen LogP contribution in [-0.4, -0.2) is 54.8 Å². The van der Waals surface area contributed by atoms with Crippen molar-refractivity contribution in [1.29, 1.82) is 0 Å². The fraction of sp³-hybridized carbons (Fsp3) is 0.346. The second-order valence-electron chi connectivity index (χ2n) is 9.02. The number of carbonyl (C=O) groups is 2. The number of aromatic nitrogens is 2. The van der Waals surface area contributed by atoms with Gasteiger partial charge in [0, 0.05) is 11.8 Å². The highest BCUT2D eigenvalue weighted by molar-refractivity contribution is 6.02. The van der Waals surface area contributed by atoms with Crippen LogP contribution in [0.5, 0.6) is 5.75 Å². The maximum absolute atomic E-state index is 13.3. The number of hydrogen-bond donors (Lipinski definition) is 1. The molecule has 10 heteroatoms. The lowest BCUT2D eigenvalue weighted by Gasteiger charge is -2.39. The van der Waals surface area contributed by atoms with E-state index >= 15 is 0 Å². The van der Waals surface area contributed by atoms with Crippen LogP contribution in [0.4, 0.5) is 25.4 Å². The van der Waals surface area contributed by atoms with Gasteiger partial charge in [-0.3, -0.25) is 14.5 Å². The van der Waals surface area contributed by atoms with E-state index in [1.807, 2.05) is 36.1 Å². The molecule has 5 rings (SSSR count). The Morgan fingerprint density at radius 3 is 2.50 bits per heavy atom. The van der Waals surface area contributed by atoms with Crippen LogP contribution in [0, 0.1) is 5.82 Å². The summed E-state index contributed by atoms with van der Waals surface area (Å²) < 4.78 is 25.8. The van der Waals surface area contributed by atoms with Crippen molar-refractivity contribution < 1.29 is 23.5 Å². The molecule has 9 nitrogen and oxygen atoms in total. The van der Waals surface area contributed by atoms with Gasteiger partial charge in [0.25, 0.3) is 0 Å². The predicted molar refractivity (Wildman–Crippen MR) is 133 cm³/mol. The summed E-state index contributed by atoms with van der Waals surface area (Å²) in [5.74, 6) is -0.194. The Kier molecular flexibility index (Phi) is 6.60. The predicted octanol–water partition coefficient (Wildman–Crippen LogP) is 4.59. The number of hydrogen-bond acceptors (Lipinski definition) is 6. The van der Waals surface area contributed by atoms with E-state index in [4.69, 9.17) is 9.47 Å². The fourth-order valence-electron chi connectivity index (χ4n) is 4.77. The summed E-state index contributed by atoms with van der Waals surface area (Å²) >= 11 is 0. The van der Waals surface area contributed by atoms with E-state index in [2.05, 4.69) is 10.4 Å². The second-order valence-corrected chi connectivity index (χ2v) is 9.02. The average molecular weight is 494 g/mol. The molecule has 188 valence electrons. The number of rotatable bonds is 3. The van der Waals surface area contributed by atoms with E-state index in [1.54, 1.807) is 6.07 Å². The van der Waals surface area contributed by atoms with E-state index in [-0.39, 0.29) is 18.3 Å². The van der Waals surface area contributed by atoms with E-state index in [0.717, 1.165) is 37.1 Å². The SMILES string of the molecule is COC(=O)N1c2ccc(-c3cnn(C4CCNCC4)c3)cc2N(C(=O)Oc2ccc(F)cc2)C[C@@H]1C. The summed E-state index contributed by atoms with van der Waals surface area (Å²) in [5, 5.41) is 7.95. The number of halogens is 1. The van der Waals surface area contributed by atoms with Crippen LogP contribution in [0.3, 0.4) is 0 Å². The van der Waals surface area contributed by atoms with Gasteiger partial charge in [0.15, 0.2) is 0 Å². The van der Waals surface area contributed by atoms with E-state index in [9.17, 15) is 14.0 Å². The van der Waals surface area contributed by atoms with Gasteiger partial charge in [-0.25, -0.2) is 14.0 Å². The van der Waals surface area contributed by atoms with Crippen LogP contribution in [0.25, 0.3) is 11.1 Å². The second kappa shape index (κ2) is 9.98. The number of anilines is 2. The molecule has 1 saturated heterocycles. The molecule has 1 fully saturated rings. The van der Waals surface area contributed by atoms with Crippen molar-refractivity contribution in [3.8, 4) is 16.9 Å². The number of amides is 2. The summed E-state index contributed by atoms with van der Waals surface area (Å²) in [6, 6.07) is 10.8. The third-order valence-corrected chi connectivity index (χ3v) is 6.64. The molecular formula is C26H28FN5O4. The number of nitrogens with zero attached hydrogens (tertiary/aromatic N) is 4. The Bertz CT molecular complexity index is 1260. The van der Waals surface area contributed by atoms with Gasteiger partial charge in [-0.05, 0) is 74.8 Å². The molecule has 1 N–H and O–H groups in total. The van der Waals surface area contributed by atoms with Crippen molar-refractivity contribution in [3.05, 3.63) is 60.7 Å². The fourth-order valence-corrected chi connectivity index (χ4v) is 4.77. The Balaban J connectivity index is 1.49. The van der Waals surface area contributed by atoms with Crippen LogP contribution >= 0.6 is 0 Å². The molecule has 0 bridgehead atoms. The number of fused-ring (bicyclic) bond motifs is 1. The van der Waals surface area contributed by atoms with E-state index in [0.29, 0.717) is 17.4 Å². The minimum atomic E-state index is -0.623. The summed E-state index contributed by atoms with van der Waals surface area (Å²) in [7, 11) is 1.33. The molecule has 2 amide bonds. The van der Waals surface area contributed by atoms with Gasteiger partial charge in [-0.1, -0.05) is 6.07 Å². The highest BCUT2D eigenvalue weighted by Crippen LogP contribution is 2.39. The summed E-state index contributed by atoms with van der Waals surface area (Å²) in [6.45, 7) is 3.95. The lowest BCUT2D eigenvalue weighted by Crippen LogP contribution is -2.52. The molecular weight excluding hydrogens is 465 g/mol. The molecule has 0 radical (unpaired) electrons. The molecule has 2 aliphatic rings. The lowest BCUT2D eigenvalue weighted by molar-refractivity contribution is 0.175. The molecule has 0 unspecified atom stereocenters. The highest BCUT2D eigenvalue weighted by Gasteiger charge is 2.36. The standard InChI is InChI=1S/C26H28FN5O4/c1-17-15-30(25(33)36-22-6-4-20(27)5-7-22)24-13-18(3-8-23(24)32(17)26(34)35-2)19-14-29-31(16-19)21-9-11-28-12-10-21/h3-8,13-14,16-17,21,28H,9-12,15H2,1-2H3/t17-/m0/s1. The van der Waals surface area contributed by atoms with E-state index < -0.39 is 18.0 Å². The minimum Gasteiger partial charge on any atom is -0.452 e. The van der Waals surface area contributed by atoms with Crippen molar-refractivity contribution >= 4 is 23.6 Å². The zero-order valence-corrected chi connectivity index (χ0v) is 20.2. The van der Waals surface area contributed by atoms with Crippen molar-refractivity contribution in [1.82, 2.24) is 15.1 Å². The first-order valence-electron chi connectivity index (χ1n) is 12.0. The van der Waals surface area contributed by atoms with Crippen LogP contribution in [0.1, 0.15) is 25.8 Å². The number of piperidine rings is 1. The number of methoxy groups -OCH3 is 1. The molecule has 1 aromatic heterocycles. The summed E-state index contributed by atoms with van der Waals surface area (Å²) in [5.41, 5.74) is 2.81. The van der Waals surface area contributed by atoms with Crippen LogP contribution in [0.15, 0.2) is 54.9 Å². The molecule has 2 aliphatic heterocycles. The number of carbonyl (C=O) groups excluding carboxylic acids is 2. The van der Waals surface area contributed by atoms with E-state index in [1.165, 1.54) is 41.2 Å². The lowest BCUT2D eigenvalue weighted by atomic mass is 10.0. The molecule has 0 spiro atoms. The molecule has 1 atom stereocenters. The normalized spacial score (nSPS) is 18.0. The van der Waals surface area contributed by atoms with Crippen LogP contribution in [0.2, 0.25) is 0 Å². The Hall–Kier alpha value is -3.92. The quantitative estimate of drug-likeness (QED) is 0.574. The maximum atomic E-state index is 13.3. The number of ether oxygens (including phenoxy) is 2.